The van der Waals surface area contributed by atoms with Crippen molar-refractivity contribution in [2.75, 3.05) is 19.0 Å². The van der Waals surface area contributed by atoms with Crippen LogP contribution in [0.15, 0.2) is 0 Å². The Morgan fingerprint density at radius 1 is 1.33 bits per heavy atom. The van der Waals surface area contributed by atoms with Crippen molar-refractivity contribution in [1.82, 2.24) is 10.2 Å². The van der Waals surface area contributed by atoms with Crippen LogP contribution in [0.2, 0.25) is 0 Å². The van der Waals surface area contributed by atoms with Gasteiger partial charge in [-0.25, -0.2) is 0 Å². The van der Waals surface area contributed by atoms with Crippen molar-refractivity contribution in [2.45, 2.75) is 45.7 Å². The van der Waals surface area contributed by atoms with Crippen LogP contribution in [0.3, 0.4) is 0 Å². The summed E-state index contributed by atoms with van der Waals surface area (Å²) in [5, 5.41) is 2.94. The quantitative estimate of drug-likeness (QED) is 0.324. The Morgan fingerprint density at radius 3 is 2.17 bits per heavy atom. The minimum atomic E-state index is -0.599. The zero-order chi connectivity index (χ0) is 14.5. The Balaban J connectivity index is 4.90. The Kier molecular flexibility index (Phi) is 7.36. The second-order valence-electron chi connectivity index (χ2n) is 5.28. The van der Waals surface area contributed by atoms with E-state index in [0.717, 1.165) is 6.42 Å². The van der Waals surface area contributed by atoms with Gasteiger partial charge in [0, 0.05) is 0 Å². The number of hydrogen-bond donors (Lipinski definition) is 1. The second kappa shape index (κ2) is 7.43. The number of nitrogens with zero attached hydrogens (tertiary/aromatic N) is 1. The Hall–Kier alpha value is -0.170. The predicted molar refractivity (Wildman–Crippen MR) is 70.1 cm³/mol. The molecule has 0 fully saturated rings. The molecule has 0 rings (SSSR count). The Bertz CT molecular complexity index is 303. The van der Waals surface area contributed by atoms with E-state index >= 15 is 0 Å². The van der Waals surface area contributed by atoms with Gasteiger partial charge in [0.2, 0.25) is 0 Å². The third kappa shape index (κ3) is 4.50. The number of carbonyl (C=O) groups excluding carboxylic acids is 2. The average Bonchev–Trinajstić information content (AvgIpc) is 2.33. The first kappa shape index (κ1) is 17.8. The van der Waals surface area contributed by atoms with Gasteiger partial charge < -0.3 is 0 Å². The fourth-order valence-corrected chi connectivity index (χ4v) is 2.74. The van der Waals surface area contributed by atoms with E-state index in [1.807, 2.05) is 51.6 Å². The van der Waals surface area contributed by atoms with E-state index in [9.17, 15) is 9.59 Å². The summed E-state index contributed by atoms with van der Waals surface area (Å²) in [6, 6.07) is -0.320. The van der Waals surface area contributed by atoms with E-state index in [-0.39, 0.29) is 21.7 Å². The van der Waals surface area contributed by atoms with Crippen molar-refractivity contribution < 1.29 is 30.8 Å². The van der Waals surface area contributed by atoms with E-state index in [4.69, 9.17) is 0 Å². The molecule has 0 saturated heterocycles. The van der Waals surface area contributed by atoms with Gasteiger partial charge in [0.1, 0.15) is 0 Å². The first-order chi connectivity index (χ1) is 8.18. The minimum absolute atomic E-state index is 0.0800. The summed E-state index contributed by atoms with van der Waals surface area (Å²) in [5.41, 5.74) is -0.599. The van der Waals surface area contributed by atoms with Crippen LogP contribution in [-0.2, 0) is 9.59 Å². The Labute approximate surface area is 121 Å². The molecule has 0 bridgehead atoms. The number of alkyl halides is 1. The molecule has 0 radical (unpaired) electrons. The molecule has 0 aromatic rings. The maximum absolute atomic E-state index is 12.3. The summed E-state index contributed by atoms with van der Waals surface area (Å²) in [7, 11) is 3.73. The molecule has 0 aromatic carbocycles. The van der Waals surface area contributed by atoms with Gasteiger partial charge in [-0.15, -0.1) is 0 Å². The molecular formula is C13H26IN2O2-. The van der Waals surface area contributed by atoms with Crippen molar-refractivity contribution in [2.24, 2.45) is 5.92 Å². The molecule has 5 heteroatoms. The molecule has 0 spiro atoms. The molecule has 0 aromatic heterocycles. The molecular weight excluding hydrogens is 343 g/mol. The van der Waals surface area contributed by atoms with Gasteiger partial charge in [-0.2, -0.15) is 0 Å². The molecule has 2 atom stereocenters. The second-order valence-corrected chi connectivity index (χ2v) is 7.43. The number of likely N-dealkylation sites (N-methyl/N-ethyl adjacent to an activating group) is 1. The number of carbonyl (C=O) groups is 2. The predicted octanol–water partition coefficient (Wildman–Crippen LogP) is -1.90. The third-order valence-electron chi connectivity index (χ3n) is 3.60. The van der Waals surface area contributed by atoms with Gasteiger partial charge in [0.05, 0.1) is 0 Å². The van der Waals surface area contributed by atoms with E-state index in [1.165, 1.54) is 0 Å². The molecule has 108 valence electrons. The van der Waals surface area contributed by atoms with Gasteiger partial charge >= 0.3 is 121 Å². The Morgan fingerprint density at radius 2 is 1.83 bits per heavy atom. The van der Waals surface area contributed by atoms with Crippen LogP contribution >= 0.6 is 0 Å². The van der Waals surface area contributed by atoms with Gasteiger partial charge in [-0.1, -0.05) is 0 Å². The van der Waals surface area contributed by atoms with Crippen LogP contribution in [-0.4, -0.2) is 45.2 Å². The number of rotatable bonds is 7. The van der Waals surface area contributed by atoms with Crippen LogP contribution < -0.4 is 26.5 Å². The number of hydrogen-bond acceptors (Lipinski definition) is 3. The van der Waals surface area contributed by atoms with E-state index < -0.39 is 26.7 Å². The number of amides is 1. The third-order valence-corrected chi connectivity index (χ3v) is 5.34. The molecule has 1 unspecified atom stereocenters. The van der Waals surface area contributed by atoms with Crippen LogP contribution in [0.1, 0.15) is 34.1 Å². The summed E-state index contributed by atoms with van der Waals surface area (Å²) in [6.07, 6.45) is 0.892. The fraction of sp³-hybridized carbons (Fsp3) is 0.846. The molecule has 1 amide bonds. The van der Waals surface area contributed by atoms with E-state index in [2.05, 4.69) is 5.32 Å². The molecule has 18 heavy (non-hydrogen) atoms. The van der Waals surface area contributed by atoms with Gasteiger partial charge in [-0.05, 0) is 0 Å². The fourth-order valence-electron chi connectivity index (χ4n) is 1.30. The molecule has 0 heterocycles. The average molecular weight is 369 g/mol. The first-order valence-corrected chi connectivity index (χ1v) is 9.43. The van der Waals surface area contributed by atoms with Crippen molar-refractivity contribution in [1.29, 1.82) is 0 Å². The molecule has 0 aliphatic heterocycles. The topological polar surface area (TPSA) is 49.4 Å². The molecule has 0 saturated carbocycles. The monoisotopic (exact) mass is 369 g/mol. The SMILES string of the molecule is CCC(C)[C@H](NC(=O)C(C)(C)N(C)C)C(=O)[I-]C. The standard InChI is InChI=1S/C13H26IN2O2/c1-8-9(2)10(11(17)14-5)15-12(18)13(3,4)16(6)7/h9-10H,8H2,1-7H3,(H,15,18)/q-1/t9?,10-/m0/s1. The van der Waals surface area contributed by atoms with Crippen molar-refractivity contribution >= 4 is 9.70 Å². The van der Waals surface area contributed by atoms with Crippen molar-refractivity contribution in [3.05, 3.63) is 0 Å². The summed E-state index contributed by atoms with van der Waals surface area (Å²) >= 11 is -0.487. The molecule has 0 aliphatic rings. The number of halogens is 1. The van der Waals surface area contributed by atoms with Crippen LogP contribution in [0.4, 0.5) is 0 Å². The van der Waals surface area contributed by atoms with Crippen LogP contribution in [0.25, 0.3) is 0 Å². The van der Waals surface area contributed by atoms with E-state index in [0.29, 0.717) is 0 Å². The molecule has 1 N–H and O–H groups in total. The summed E-state index contributed by atoms with van der Waals surface area (Å²) in [4.78, 5) is 28.0. The van der Waals surface area contributed by atoms with Gasteiger partial charge in [-0.3, -0.25) is 0 Å². The van der Waals surface area contributed by atoms with E-state index in [1.54, 1.807) is 0 Å². The van der Waals surface area contributed by atoms with Crippen molar-refractivity contribution in [3.63, 3.8) is 0 Å². The first-order valence-electron chi connectivity index (χ1n) is 6.20. The normalized spacial score (nSPS) is 15.6. The van der Waals surface area contributed by atoms with Gasteiger partial charge in [0.25, 0.3) is 0 Å². The van der Waals surface area contributed by atoms with Crippen molar-refractivity contribution in [3.8, 4) is 0 Å². The van der Waals surface area contributed by atoms with Gasteiger partial charge in [0.15, 0.2) is 0 Å². The molecule has 0 aliphatic carbocycles. The van der Waals surface area contributed by atoms with Crippen LogP contribution in [0.5, 0.6) is 0 Å². The summed E-state index contributed by atoms with van der Waals surface area (Å²) < 4.78 is 0.214. The van der Waals surface area contributed by atoms with Crippen LogP contribution in [0, 0.1) is 5.92 Å². The zero-order valence-corrected chi connectivity index (χ0v) is 14.7. The zero-order valence-electron chi connectivity index (χ0n) is 12.5. The maximum atomic E-state index is 12.3. The molecule has 4 nitrogen and oxygen atoms in total. The number of nitrogens with one attached hydrogen (secondary N) is 1. The summed E-state index contributed by atoms with van der Waals surface area (Å²) in [5.74, 6) is 0.114. The summed E-state index contributed by atoms with van der Waals surface area (Å²) in [6.45, 7) is 7.79.